The number of aryl methyl sites for hydroxylation is 1. The molecular formula is C20H34NaO2. The fraction of sp³-hybridized carbons (Fsp3) is 0.700. The summed E-state index contributed by atoms with van der Waals surface area (Å²) in [7, 11) is 0. The number of para-hydroxylation sites is 1. The average Bonchev–Trinajstić information content (AvgIpc) is 3.39. The van der Waals surface area contributed by atoms with Crippen LogP contribution in [0.1, 0.15) is 76.7 Å². The standard InChI is InChI=1S/C18H30O.C2H4O.Na/c1-2-3-4-5-6-7-8-9-10-11-14-17-15-12-13-16-18(17)19;1-2-3-1;/h12-13,15-16,19H,2-11,14H2,1H3;1-2H2;. The first-order valence-electron chi connectivity index (χ1n) is 9.19. The van der Waals surface area contributed by atoms with Gasteiger partial charge in [-0.15, -0.1) is 0 Å². The maximum Gasteiger partial charge on any atom is 0.118 e. The maximum atomic E-state index is 9.65. The Kier molecular flexibility index (Phi) is 16.8. The molecule has 23 heavy (non-hydrogen) atoms. The molecule has 1 aromatic carbocycles. The number of aromatic hydroxyl groups is 1. The number of hydrogen-bond donors (Lipinski definition) is 1. The van der Waals surface area contributed by atoms with Crippen molar-refractivity contribution in [1.82, 2.24) is 0 Å². The molecule has 0 atom stereocenters. The van der Waals surface area contributed by atoms with Crippen LogP contribution >= 0.6 is 0 Å². The number of unbranched alkanes of at least 4 members (excludes halogenated alkanes) is 9. The molecule has 1 aliphatic rings. The smallest absolute Gasteiger partial charge is 0.118 e. The monoisotopic (exact) mass is 329 g/mol. The minimum absolute atomic E-state index is 0. The molecule has 2 rings (SSSR count). The molecule has 0 bridgehead atoms. The summed E-state index contributed by atoms with van der Waals surface area (Å²) in [6.07, 6.45) is 14.6. The van der Waals surface area contributed by atoms with Crippen LogP contribution in [-0.4, -0.2) is 47.9 Å². The predicted molar refractivity (Wildman–Crippen MR) is 100 cm³/mol. The van der Waals surface area contributed by atoms with Gasteiger partial charge in [-0.3, -0.25) is 0 Å². The summed E-state index contributed by atoms with van der Waals surface area (Å²) < 4.78 is 4.50. The molecular weight excluding hydrogens is 295 g/mol. The summed E-state index contributed by atoms with van der Waals surface area (Å²) in [6.45, 7) is 4.27. The normalized spacial score (nSPS) is 12.0. The molecule has 127 valence electrons. The zero-order valence-corrected chi connectivity index (χ0v) is 17.4. The Hall–Kier alpha value is -0.0200. The van der Waals surface area contributed by atoms with Gasteiger partial charge in [0, 0.05) is 29.6 Å². The van der Waals surface area contributed by atoms with Gasteiger partial charge < -0.3 is 9.84 Å². The van der Waals surface area contributed by atoms with E-state index in [1.165, 1.54) is 64.2 Å². The molecule has 0 unspecified atom stereocenters. The van der Waals surface area contributed by atoms with Crippen molar-refractivity contribution < 1.29 is 9.84 Å². The van der Waals surface area contributed by atoms with Crippen LogP contribution in [0.15, 0.2) is 24.3 Å². The van der Waals surface area contributed by atoms with Crippen LogP contribution in [-0.2, 0) is 11.2 Å². The molecule has 1 N–H and O–H groups in total. The summed E-state index contributed by atoms with van der Waals surface area (Å²) in [5.41, 5.74) is 1.10. The van der Waals surface area contributed by atoms with Crippen molar-refractivity contribution >= 4 is 29.6 Å². The zero-order chi connectivity index (χ0) is 15.9. The maximum absolute atomic E-state index is 9.65. The molecule has 3 heteroatoms. The molecule has 0 amide bonds. The SMILES string of the molecule is C1CO1.CCCCCCCCCCCCc1ccccc1O.[Na]. The van der Waals surface area contributed by atoms with Gasteiger partial charge in [-0.25, -0.2) is 0 Å². The Labute approximate surface area is 165 Å². The largest absolute Gasteiger partial charge is 0.508 e. The number of rotatable bonds is 11. The van der Waals surface area contributed by atoms with Crippen molar-refractivity contribution in [2.45, 2.75) is 77.6 Å². The number of hydrogen-bond acceptors (Lipinski definition) is 2. The van der Waals surface area contributed by atoms with E-state index in [1.54, 1.807) is 6.07 Å². The van der Waals surface area contributed by atoms with Gasteiger partial charge in [0.15, 0.2) is 0 Å². The van der Waals surface area contributed by atoms with E-state index in [1.807, 2.05) is 18.2 Å². The zero-order valence-electron chi connectivity index (χ0n) is 15.4. The molecule has 1 aromatic rings. The molecule has 1 aliphatic heterocycles. The summed E-state index contributed by atoms with van der Waals surface area (Å²) >= 11 is 0. The number of benzene rings is 1. The molecule has 0 spiro atoms. The summed E-state index contributed by atoms with van der Waals surface area (Å²) in [6, 6.07) is 7.71. The summed E-state index contributed by atoms with van der Waals surface area (Å²) in [5.74, 6) is 0.457. The number of phenolic OH excluding ortho intramolecular Hbond substituents is 1. The number of epoxide rings is 1. The summed E-state index contributed by atoms with van der Waals surface area (Å²) in [4.78, 5) is 0. The Morgan fingerprint density at radius 1 is 0.826 bits per heavy atom. The van der Waals surface area contributed by atoms with Gasteiger partial charge in [-0.05, 0) is 24.5 Å². The third-order valence-corrected chi connectivity index (χ3v) is 4.00. The molecule has 2 nitrogen and oxygen atoms in total. The predicted octanol–water partition coefficient (Wildman–Crippen LogP) is 5.49. The van der Waals surface area contributed by atoms with Gasteiger partial charge >= 0.3 is 0 Å². The fourth-order valence-electron chi connectivity index (χ4n) is 2.53. The van der Waals surface area contributed by atoms with Gasteiger partial charge in [0.25, 0.3) is 0 Å². The second-order valence-corrected chi connectivity index (χ2v) is 6.17. The minimum atomic E-state index is 0. The first kappa shape index (κ1) is 23.0. The van der Waals surface area contributed by atoms with Gasteiger partial charge in [-0.1, -0.05) is 82.9 Å². The average molecular weight is 329 g/mol. The summed E-state index contributed by atoms with van der Waals surface area (Å²) in [5, 5.41) is 9.65. The molecule has 1 radical (unpaired) electrons. The number of phenols is 1. The van der Waals surface area contributed by atoms with E-state index in [4.69, 9.17) is 0 Å². The van der Waals surface area contributed by atoms with Crippen molar-refractivity contribution in [1.29, 1.82) is 0 Å². The van der Waals surface area contributed by atoms with Crippen LogP contribution in [0.5, 0.6) is 5.75 Å². The van der Waals surface area contributed by atoms with Crippen molar-refractivity contribution in [3.05, 3.63) is 29.8 Å². The fourth-order valence-corrected chi connectivity index (χ4v) is 2.53. The molecule has 0 aliphatic carbocycles. The Morgan fingerprint density at radius 2 is 1.30 bits per heavy atom. The molecule has 0 saturated carbocycles. The molecule has 1 fully saturated rings. The first-order valence-corrected chi connectivity index (χ1v) is 9.19. The Bertz CT molecular complexity index is 364. The van der Waals surface area contributed by atoms with Crippen LogP contribution in [0.3, 0.4) is 0 Å². The van der Waals surface area contributed by atoms with Crippen molar-refractivity contribution in [3.63, 3.8) is 0 Å². The van der Waals surface area contributed by atoms with Crippen molar-refractivity contribution in [3.8, 4) is 5.75 Å². The van der Waals surface area contributed by atoms with Gasteiger partial charge in [-0.2, -0.15) is 0 Å². The Morgan fingerprint density at radius 3 is 1.78 bits per heavy atom. The topological polar surface area (TPSA) is 32.8 Å². The third-order valence-electron chi connectivity index (χ3n) is 4.00. The van der Waals surface area contributed by atoms with Crippen molar-refractivity contribution in [2.75, 3.05) is 13.2 Å². The van der Waals surface area contributed by atoms with Crippen LogP contribution < -0.4 is 0 Å². The van der Waals surface area contributed by atoms with Gasteiger partial charge in [0.2, 0.25) is 0 Å². The quantitative estimate of drug-likeness (QED) is 0.331. The molecule has 1 saturated heterocycles. The van der Waals surface area contributed by atoms with E-state index >= 15 is 0 Å². The van der Waals surface area contributed by atoms with Crippen LogP contribution in [0.4, 0.5) is 0 Å². The van der Waals surface area contributed by atoms with Crippen LogP contribution in [0.2, 0.25) is 0 Å². The van der Waals surface area contributed by atoms with Gasteiger partial charge in [0.05, 0.1) is 13.2 Å². The van der Waals surface area contributed by atoms with E-state index < -0.39 is 0 Å². The van der Waals surface area contributed by atoms with E-state index in [-0.39, 0.29) is 29.6 Å². The van der Waals surface area contributed by atoms with E-state index in [2.05, 4.69) is 11.7 Å². The van der Waals surface area contributed by atoms with Crippen molar-refractivity contribution in [2.24, 2.45) is 0 Å². The molecule has 1 heterocycles. The second kappa shape index (κ2) is 16.8. The minimum Gasteiger partial charge on any atom is -0.508 e. The second-order valence-electron chi connectivity index (χ2n) is 6.17. The van der Waals surface area contributed by atoms with Crippen LogP contribution in [0.25, 0.3) is 0 Å². The van der Waals surface area contributed by atoms with Gasteiger partial charge in [0.1, 0.15) is 5.75 Å². The third kappa shape index (κ3) is 15.3. The molecule has 0 aromatic heterocycles. The number of ether oxygens (including phenoxy) is 1. The van der Waals surface area contributed by atoms with Crippen LogP contribution in [0, 0.1) is 0 Å². The van der Waals surface area contributed by atoms with E-state index in [0.717, 1.165) is 25.2 Å². The van der Waals surface area contributed by atoms with E-state index in [0.29, 0.717) is 5.75 Å². The first-order chi connectivity index (χ1) is 10.8. The van der Waals surface area contributed by atoms with E-state index in [9.17, 15) is 5.11 Å². The Balaban J connectivity index is 0.00000108.